The third-order valence-electron chi connectivity index (χ3n) is 5.93. The highest BCUT2D eigenvalue weighted by Gasteiger charge is 2.38. The standard InChI is InChI=1S/C17H29N3O/c1-3-12-7-9-17(18,10-8-12)16-19-15(20-21-16)14-6-5-13(4-2)11-14/h12-14H,3-11,18H2,1-2H3. The summed E-state index contributed by atoms with van der Waals surface area (Å²) in [6, 6.07) is 0. The van der Waals surface area contributed by atoms with Gasteiger partial charge in [-0.25, -0.2) is 0 Å². The molecule has 2 aliphatic rings. The molecule has 21 heavy (non-hydrogen) atoms. The smallest absolute Gasteiger partial charge is 0.246 e. The zero-order valence-corrected chi connectivity index (χ0v) is 13.5. The molecule has 4 nitrogen and oxygen atoms in total. The van der Waals surface area contributed by atoms with Crippen LogP contribution >= 0.6 is 0 Å². The van der Waals surface area contributed by atoms with Gasteiger partial charge in [0.2, 0.25) is 5.89 Å². The summed E-state index contributed by atoms with van der Waals surface area (Å²) in [5.41, 5.74) is 6.19. The molecule has 2 fully saturated rings. The van der Waals surface area contributed by atoms with Gasteiger partial charge in [-0.1, -0.05) is 31.8 Å². The summed E-state index contributed by atoms with van der Waals surface area (Å²) in [5, 5.41) is 4.26. The van der Waals surface area contributed by atoms with Gasteiger partial charge in [0.05, 0.1) is 5.54 Å². The average Bonchev–Trinajstić information content (AvgIpc) is 3.17. The van der Waals surface area contributed by atoms with Crippen molar-refractivity contribution in [3.8, 4) is 0 Å². The molecule has 0 radical (unpaired) electrons. The van der Waals surface area contributed by atoms with Crippen LogP contribution < -0.4 is 5.73 Å². The Balaban J connectivity index is 1.67. The van der Waals surface area contributed by atoms with Crippen molar-refractivity contribution in [1.29, 1.82) is 0 Å². The van der Waals surface area contributed by atoms with Crippen LogP contribution in [0.15, 0.2) is 4.52 Å². The van der Waals surface area contributed by atoms with Crippen LogP contribution in [0.5, 0.6) is 0 Å². The van der Waals surface area contributed by atoms with Crippen LogP contribution in [0, 0.1) is 11.8 Å². The quantitative estimate of drug-likeness (QED) is 0.906. The minimum atomic E-state index is -0.375. The molecule has 3 rings (SSSR count). The van der Waals surface area contributed by atoms with Crippen LogP contribution in [0.2, 0.25) is 0 Å². The largest absolute Gasteiger partial charge is 0.337 e. The van der Waals surface area contributed by atoms with E-state index in [-0.39, 0.29) is 5.54 Å². The molecule has 0 aliphatic heterocycles. The van der Waals surface area contributed by atoms with Crippen molar-refractivity contribution in [3.05, 3.63) is 11.7 Å². The number of hydrogen-bond acceptors (Lipinski definition) is 4. The fraction of sp³-hybridized carbons (Fsp3) is 0.882. The van der Waals surface area contributed by atoms with E-state index >= 15 is 0 Å². The van der Waals surface area contributed by atoms with E-state index in [4.69, 9.17) is 15.2 Å². The fourth-order valence-corrected chi connectivity index (χ4v) is 4.10. The Labute approximate surface area is 127 Å². The molecule has 0 saturated heterocycles. The molecular weight excluding hydrogens is 262 g/mol. The van der Waals surface area contributed by atoms with Gasteiger partial charge in [-0.3, -0.25) is 0 Å². The van der Waals surface area contributed by atoms with Crippen molar-refractivity contribution in [2.45, 2.75) is 83.1 Å². The molecular formula is C17H29N3O. The zero-order chi connectivity index (χ0) is 14.9. The summed E-state index contributed by atoms with van der Waals surface area (Å²) >= 11 is 0. The van der Waals surface area contributed by atoms with Crippen LogP contribution in [-0.2, 0) is 5.54 Å². The van der Waals surface area contributed by atoms with Gasteiger partial charge in [-0.2, -0.15) is 4.98 Å². The van der Waals surface area contributed by atoms with Gasteiger partial charge >= 0.3 is 0 Å². The van der Waals surface area contributed by atoms with Crippen molar-refractivity contribution < 1.29 is 4.52 Å². The van der Waals surface area contributed by atoms with E-state index in [9.17, 15) is 0 Å². The molecule has 0 aromatic carbocycles. The summed E-state index contributed by atoms with van der Waals surface area (Å²) in [6.45, 7) is 4.54. The van der Waals surface area contributed by atoms with Gasteiger partial charge < -0.3 is 10.3 Å². The zero-order valence-electron chi connectivity index (χ0n) is 13.5. The number of aromatic nitrogens is 2. The van der Waals surface area contributed by atoms with Gasteiger partial charge in [0.15, 0.2) is 5.82 Å². The fourth-order valence-electron chi connectivity index (χ4n) is 4.10. The van der Waals surface area contributed by atoms with Crippen LogP contribution in [0.25, 0.3) is 0 Å². The second-order valence-electron chi connectivity index (χ2n) is 7.25. The summed E-state index contributed by atoms with van der Waals surface area (Å²) in [5.74, 6) is 3.74. The molecule has 118 valence electrons. The maximum atomic E-state index is 6.57. The van der Waals surface area contributed by atoms with E-state index < -0.39 is 0 Å². The molecule has 0 amide bonds. The van der Waals surface area contributed by atoms with E-state index in [1.54, 1.807) is 0 Å². The Bertz CT molecular complexity index is 462. The monoisotopic (exact) mass is 291 g/mol. The number of nitrogens with zero attached hydrogens (tertiary/aromatic N) is 2. The van der Waals surface area contributed by atoms with E-state index in [1.165, 1.54) is 44.9 Å². The van der Waals surface area contributed by atoms with Gasteiger partial charge in [-0.05, 0) is 56.8 Å². The summed E-state index contributed by atoms with van der Waals surface area (Å²) in [7, 11) is 0. The van der Waals surface area contributed by atoms with Crippen LogP contribution in [-0.4, -0.2) is 10.1 Å². The Hall–Kier alpha value is -0.900. The molecule has 2 saturated carbocycles. The summed E-state index contributed by atoms with van der Waals surface area (Å²) in [4.78, 5) is 4.70. The Morgan fingerprint density at radius 1 is 1.10 bits per heavy atom. The number of hydrogen-bond donors (Lipinski definition) is 1. The molecule has 1 aromatic rings. The second-order valence-corrected chi connectivity index (χ2v) is 7.25. The Morgan fingerprint density at radius 2 is 1.81 bits per heavy atom. The second kappa shape index (κ2) is 6.07. The lowest BCUT2D eigenvalue weighted by atomic mass is 9.76. The highest BCUT2D eigenvalue weighted by Crippen LogP contribution is 2.41. The van der Waals surface area contributed by atoms with E-state index in [0.717, 1.165) is 30.5 Å². The minimum absolute atomic E-state index is 0.375. The van der Waals surface area contributed by atoms with Crippen LogP contribution in [0.3, 0.4) is 0 Å². The SMILES string of the molecule is CCC1CCC(N)(c2nc(C3CCC(CC)C3)no2)CC1. The molecule has 4 heteroatoms. The highest BCUT2D eigenvalue weighted by atomic mass is 16.5. The molecule has 1 aromatic heterocycles. The lowest BCUT2D eigenvalue weighted by molar-refractivity contribution is 0.181. The van der Waals surface area contributed by atoms with Crippen LogP contribution in [0.1, 0.15) is 89.3 Å². The lowest BCUT2D eigenvalue weighted by Crippen LogP contribution is -2.40. The van der Waals surface area contributed by atoms with Gasteiger partial charge in [0, 0.05) is 5.92 Å². The first-order chi connectivity index (χ1) is 10.1. The molecule has 0 spiro atoms. The summed E-state index contributed by atoms with van der Waals surface area (Å²) < 4.78 is 5.57. The van der Waals surface area contributed by atoms with Crippen LogP contribution in [0.4, 0.5) is 0 Å². The first kappa shape index (κ1) is 15.0. The van der Waals surface area contributed by atoms with Crippen molar-refractivity contribution in [1.82, 2.24) is 10.1 Å². The third kappa shape index (κ3) is 3.01. The Morgan fingerprint density at radius 3 is 2.43 bits per heavy atom. The number of nitrogens with two attached hydrogens (primary N) is 1. The first-order valence-electron chi connectivity index (χ1n) is 8.77. The minimum Gasteiger partial charge on any atom is -0.337 e. The predicted octanol–water partition coefficient (Wildman–Crippen LogP) is 4.12. The molecule has 2 aliphatic carbocycles. The van der Waals surface area contributed by atoms with Crippen molar-refractivity contribution in [2.24, 2.45) is 17.6 Å². The topological polar surface area (TPSA) is 64.9 Å². The maximum Gasteiger partial charge on any atom is 0.246 e. The maximum absolute atomic E-state index is 6.57. The van der Waals surface area contributed by atoms with Gasteiger partial charge in [0.1, 0.15) is 0 Å². The highest BCUT2D eigenvalue weighted by molar-refractivity contribution is 5.07. The normalized spacial score (nSPS) is 37.0. The first-order valence-corrected chi connectivity index (χ1v) is 8.77. The average molecular weight is 291 g/mol. The van der Waals surface area contributed by atoms with Crippen molar-refractivity contribution in [2.75, 3.05) is 0 Å². The Kier molecular flexibility index (Phi) is 4.34. The van der Waals surface area contributed by atoms with Gasteiger partial charge in [0.25, 0.3) is 0 Å². The molecule has 1 heterocycles. The predicted molar refractivity (Wildman–Crippen MR) is 82.8 cm³/mol. The molecule has 2 atom stereocenters. The summed E-state index contributed by atoms with van der Waals surface area (Å²) in [6.07, 6.45) is 10.6. The van der Waals surface area contributed by atoms with Crippen molar-refractivity contribution >= 4 is 0 Å². The van der Waals surface area contributed by atoms with Gasteiger partial charge in [-0.15, -0.1) is 0 Å². The van der Waals surface area contributed by atoms with E-state index in [0.29, 0.717) is 11.8 Å². The molecule has 2 N–H and O–H groups in total. The number of rotatable bonds is 4. The third-order valence-corrected chi connectivity index (χ3v) is 5.93. The lowest BCUT2D eigenvalue weighted by Gasteiger charge is -2.33. The van der Waals surface area contributed by atoms with E-state index in [2.05, 4.69) is 19.0 Å². The molecule has 0 bridgehead atoms. The van der Waals surface area contributed by atoms with E-state index in [1.807, 2.05) is 0 Å². The molecule has 2 unspecified atom stereocenters. The van der Waals surface area contributed by atoms with Crippen molar-refractivity contribution in [3.63, 3.8) is 0 Å².